The lowest BCUT2D eigenvalue weighted by Crippen LogP contribution is -2.31. The largest absolute Gasteiger partial charge is 0.382 e. The summed E-state index contributed by atoms with van der Waals surface area (Å²) in [7, 11) is 1.77. The van der Waals surface area contributed by atoms with E-state index in [4.69, 9.17) is 5.73 Å². The second-order valence-electron chi connectivity index (χ2n) is 5.30. The monoisotopic (exact) mass is 266 g/mol. The van der Waals surface area contributed by atoms with Crippen molar-refractivity contribution in [3.05, 3.63) is 4.88 Å². The number of nitrogens with zero attached hydrogens (tertiary/aromatic N) is 1. The number of nitrogens with two attached hydrogens (primary N) is 1. The third-order valence-corrected chi connectivity index (χ3v) is 5.10. The minimum atomic E-state index is -0.0848. The van der Waals surface area contributed by atoms with Gasteiger partial charge in [-0.05, 0) is 37.0 Å². The lowest BCUT2D eigenvalue weighted by atomic mass is 10.0. The summed E-state index contributed by atoms with van der Waals surface area (Å²) in [6.45, 7) is 0.794. The molecule has 4 N–H and O–H groups in total. The zero-order valence-corrected chi connectivity index (χ0v) is 11.3. The van der Waals surface area contributed by atoms with E-state index in [1.54, 1.807) is 7.05 Å². The van der Waals surface area contributed by atoms with Gasteiger partial charge in [0, 0.05) is 13.6 Å². The molecular formula is C12H18N4OS. The summed E-state index contributed by atoms with van der Waals surface area (Å²) in [4.78, 5) is 16.7. The third-order valence-electron chi connectivity index (χ3n) is 4.01. The first kappa shape index (κ1) is 11.8. The van der Waals surface area contributed by atoms with Crippen LogP contribution in [0.25, 0.3) is 0 Å². The van der Waals surface area contributed by atoms with E-state index < -0.39 is 0 Å². The summed E-state index contributed by atoms with van der Waals surface area (Å²) in [5, 5.41) is 6.61. The third kappa shape index (κ3) is 2.05. The Morgan fingerprint density at radius 1 is 1.56 bits per heavy atom. The molecule has 0 spiro atoms. The Balaban J connectivity index is 1.62. The molecule has 5 nitrogen and oxygen atoms in total. The molecule has 0 radical (unpaired) electrons. The highest BCUT2D eigenvalue weighted by molar-refractivity contribution is 7.18. The highest BCUT2D eigenvalue weighted by Crippen LogP contribution is 2.60. The van der Waals surface area contributed by atoms with E-state index in [1.807, 2.05) is 0 Å². The van der Waals surface area contributed by atoms with Crippen LogP contribution in [0.4, 0.5) is 10.9 Å². The number of hydrogen-bond acceptors (Lipinski definition) is 5. The summed E-state index contributed by atoms with van der Waals surface area (Å²) in [5.74, 6) is 1.08. The molecule has 0 bridgehead atoms. The summed E-state index contributed by atoms with van der Waals surface area (Å²) >= 11 is 1.30. The Morgan fingerprint density at radius 3 is 2.78 bits per heavy atom. The number of thiazole rings is 1. The molecule has 0 atom stereocenters. The zero-order valence-electron chi connectivity index (χ0n) is 10.5. The molecule has 0 unspecified atom stereocenters. The van der Waals surface area contributed by atoms with Crippen LogP contribution in [0.5, 0.6) is 0 Å². The first-order chi connectivity index (χ1) is 8.64. The van der Waals surface area contributed by atoms with Gasteiger partial charge in [-0.3, -0.25) is 4.79 Å². The molecule has 0 aromatic carbocycles. The predicted octanol–water partition coefficient (Wildman–Crippen LogP) is 1.69. The molecule has 98 valence electrons. The van der Waals surface area contributed by atoms with Crippen LogP contribution in [0.1, 0.15) is 35.4 Å². The Morgan fingerprint density at radius 2 is 2.28 bits per heavy atom. The van der Waals surface area contributed by atoms with Crippen molar-refractivity contribution in [2.24, 2.45) is 11.3 Å². The van der Waals surface area contributed by atoms with Crippen molar-refractivity contribution < 1.29 is 4.79 Å². The normalized spacial score (nSPS) is 20.5. The molecule has 1 heterocycles. The maximum Gasteiger partial charge on any atom is 0.265 e. The fraction of sp³-hybridized carbons (Fsp3) is 0.667. The van der Waals surface area contributed by atoms with Gasteiger partial charge in [-0.15, -0.1) is 0 Å². The number of amides is 1. The second-order valence-corrected chi connectivity index (χ2v) is 6.30. The SMILES string of the molecule is CNc1nc(N)c(C(=O)NCC2(C3CC3)CC2)s1. The molecule has 2 fully saturated rings. The summed E-state index contributed by atoms with van der Waals surface area (Å²) in [5.41, 5.74) is 6.16. The number of nitrogens with one attached hydrogen (secondary N) is 2. The van der Waals surface area contributed by atoms with E-state index in [0.29, 0.717) is 21.2 Å². The molecular weight excluding hydrogens is 248 g/mol. The summed E-state index contributed by atoms with van der Waals surface area (Å²) in [6.07, 6.45) is 5.20. The van der Waals surface area contributed by atoms with Crippen molar-refractivity contribution >= 4 is 28.2 Å². The van der Waals surface area contributed by atoms with Gasteiger partial charge in [0.25, 0.3) is 5.91 Å². The van der Waals surface area contributed by atoms with Gasteiger partial charge < -0.3 is 16.4 Å². The van der Waals surface area contributed by atoms with Crippen molar-refractivity contribution in [2.45, 2.75) is 25.7 Å². The van der Waals surface area contributed by atoms with E-state index in [-0.39, 0.29) is 5.91 Å². The van der Waals surface area contributed by atoms with Crippen LogP contribution in [0.3, 0.4) is 0 Å². The average Bonchev–Trinajstić information content (AvgIpc) is 3.23. The fourth-order valence-electron chi connectivity index (χ4n) is 2.52. The summed E-state index contributed by atoms with van der Waals surface area (Å²) in [6, 6.07) is 0. The van der Waals surface area contributed by atoms with Gasteiger partial charge in [0.1, 0.15) is 10.7 Å². The molecule has 1 aromatic rings. The van der Waals surface area contributed by atoms with Gasteiger partial charge in [-0.2, -0.15) is 0 Å². The van der Waals surface area contributed by atoms with Gasteiger partial charge in [0.05, 0.1) is 0 Å². The Kier molecular flexibility index (Phi) is 2.69. The smallest absolute Gasteiger partial charge is 0.265 e. The van der Waals surface area contributed by atoms with Crippen LogP contribution in [-0.4, -0.2) is 24.5 Å². The van der Waals surface area contributed by atoms with Gasteiger partial charge in [0.2, 0.25) is 0 Å². The van der Waals surface area contributed by atoms with Crippen LogP contribution in [-0.2, 0) is 0 Å². The zero-order chi connectivity index (χ0) is 12.8. The molecule has 1 amide bonds. The first-order valence-corrected chi connectivity index (χ1v) is 7.18. The molecule has 2 saturated carbocycles. The average molecular weight is 266 g/mol. The van der Waals surface area contributed by atoms with Crippen molar-refractivity contribution in [1.82, 2.24) is 10.3 Å². The van der Waals surface area contributed by atoms with Crippen molar-refractivity contribution in [2.75, 3.05) is 24.6 Å². The molecule has 0 saturated heterocycles. The van der Waals surface area contributed by atoms with Crippen molar-refractivity contribution in [1.29, 1.82) is 0 Å². The van der Waals surface area contributed by atoms with Gasteiger partial charge >= 0.3 is 0 Å². The minimum Gasteiger partial charge on any atom is -0.382 e. The first-order valence-electron chi connectivity index (χ1n) is 6.37. The maximum atomic E-state index is 12.1. The Hall–Kier alpha value is -1.30. The van der Waals surface area contributed by atoms with Crippen LogP contribution in [0, 0.1) is 11.3 Å². The number of nitrogen functional groups attached to an aromatic ring is 1. The van der Waals surface area contributed by atoms with Gasteiger partial charge in [-0.1, -0.05) is 11.3 Å². The van der Waals surface area contributed by atoms with Crippen molar-refractivity contribution in [3.8, 4) is 0 Å². The summed E-state index contributed by atoms with van der Waals surface area (Å²) < 4.78 is 0. The number of rotatable bonds is 5. The Bertz CT molecular complexity index is 476. The van der Waals surface area contributed by atoms with E-state index >= 15 is 0 Å². The van der Waals surface area contributed by atoms with E-state index in [0.717, 1.165) is 12.5 Å². The topological polar surface area (TPSA) is 80.0 Å². The molecule has 18 heavy (non-hydrogen) atoms. The number of hydrogen-bond donors (Lipinski definition) is 3. The highest BCUT2D eigenvalue weighted by atomic mass is 32.1. The van der Waals surface area contributed by atoms with Gasteiger partial charge in [0.15, 0.2) is 5.13 Å². The van der Waals surface area contributed by atoms with E-state index in [1.165, 1.54) is 37.0 Å². The molecule has 3 rings (SSSR count). The lowest BCUT2D eigenvalue weighted by Gasteiger charge is -2.14. The van der Waals surface area contributed by atoms with Crippen LogP contribution in [0.15, 0.2) is 0 Å². The Labute approximate surface area is 110 Å². The van der Waals surface area contributed by atoms with E-state index in [9.17, 15) is 4.79 Å². The van der Waals surface area contributed by atoms with Gasteiger partial charge in [-0.25, -0.2) is 4.98 Å². The quantitative estimate of drug-likeness (QED) is 0.757. The van der Waals surface area contributed by atoms with Crippen LogP contribution in [0.2, 0.25) is 0 Å². The molecule has 6 heteroatoms. The second kappa shape index (κ2) is 4.12. The molecule has 2 aliphatic rings. The number of aromatic nitrogens is 1. The number of anilines is 2. The van der Waals surface area contributed by atoms with Crippen molar-refractivity contribution in [3.63, 3.8) is 0 Å². The number of carbonyl (C=O) groups excluding carboxylic acids is 1. The maximum absolute atomic E-state index is 12.1. The number of carbonyl (C=O) groups is 1. The minimum absolute atomic E-state index is 0.0848. The lowest BCUT2D eigenvalue weighted by molar-refractivity contribution is 0.0947. The predicted molar refractivity (Wildman–Crippen MR) is 72.8 cm³/mol. The fourth-order valence-corrected chi connectivity index (χ4v) is 3.28. The highest BCUT2D eigenvalue weighted by Gasteiger charge is 2.53. The van der Waals surface area contributed by atoms with E-state index in [2.05, 4.69) is 15.6 Å². The van der Waals surface area contributed by atoms with Crippen LogP contribution >= 0.6 is 11.3 Å². The van der Waals surface area contributed by atoms with Crippen LogP contribution < -0.4 is 16.4 Å². The standard InChI is InChI=1S/C12H18N4OS/c1-14-11-16-9(13)8(18-11)10(17)15-6-12(4-5-12)7-2-3-7/h7H,2-6,13H2,1H3,(H,14,16)(H,15,17). The molecule has 1 aromatic heterocycles. The molecule has 0 aliphatic heterocycles. The molecule has 2 aliphatic carbocycles.